The highest BCUT2D eigenvalue weighted by molar-refractivity contribution is 9.10. The summed E-state index contributed by atoms with van der Waals surface area (Å²) in [6.45, 7) is 4.35. The number of carbonyl (C=O) groups excluding carboxylic acids is 1. The molecule has 0 saturated carbocycles. The van der Waals surface area contributed by atoms with Crippen LogP contribution in [0.5, 0.6) is 0 Å². The van der Waals surface area contributed by atoms with Gasteiger partial charge in [-0.3, -0.25) is 9.59 Å². The lowest BCUT2D eigenvalue weighted by molar-refractivity contribution is -0.121. The van der Waals surface area contributed by atoms with Crippen molar-refractivity contribution in [2.24, 2.45) is 0 Å². The zero-order valence-electron chi connectivity index (χ0n) is 16.7. The summed E-state index contributed by atoms with van der Waals surface area (Å²) in [6.07, 6.45) is 1.70. The minimum Gasteiger partial charge on any atom is -0.350 e. The highest BCUT2D eigenvalue weighted by Crippen LogP contribution is 2.22. The number of benzene rings is 2. The molecule has 0 aliphatic rings. The standard InChI is InChI=1S/C23H21BrN4O2/c1-15-19-13-26-28(18-9-4-3-5-10-18)23(30)22(19)16(2)27(15)14-21(29)25-12-17-8-6-7-11-20(17)24/h3-11,13H,12,14H2,1-2H3,(H,25,29). The molecule has 4 rings (SSSR count). The number of aromatic nitrogens is 3. The van der Waals surface area contributed by atoms with Crippen molar-refractivity contribution in [1.82, 2.24) is 19.7 Å². The molecule has 1 amide bonds. The fraction of sp³-hybridized carbons (Fsp3) is 0.174. The summed E-state index contributed by atoms with van der Waals surface area (Å²) < 4.78 is 4.22. The van der Waals surface area contributed by atoms with Crippen LogP contribution in [0.2, 0.25) is 0 Å². The molecule has 2 heterocycles. The Morgan fingerprint density at radius 2 is 1.73 bits per heavy atom. The number of fused-ring (bicyclic) bond motifs is 1. The fourth-order valence-electron chi connectivity index (χ4n) is 3.63. The third kappa shape index (κ3) is 3.68. The van der Waals surface area contributed by atoms with Gasteiger partial charge in [0.2, 0.25) is 5.91 Å². The molecule has 0 bridgehead atoms. The van der Waals surface area contributed by atoms with Gasteiger partial charge in [0.15, 0.2) is 0 Å². The van der Waals surface area contributed by atoms with Crippen LogP contribution in [0, 0.1) is 13.8 Å². The topological polar surface area (TPSA) is 68.9 Å². The van der Waals surface area contributed by atoms with Crippen LogP contribution < -0.4 is 10.9 Å². The second kappa shape index (κ2) is 8.28. The van der Waals surface area contributed by atoms with Gasteiger partial charge in [0.05, 0.1) is 17.3 Å². The summed E-state index contributed by atoms with van der Waals surface area (Å²) in [4.78, 5) is 25.7. The van der Waals surface area contributed by atoms with Crippen molar-refractivity contribution in [1.29, 1.82) is 0 Å². The minimum atomic E-state index is -0.188. The van der Waals surface area contributed by atoms with Crippen LogP contribution in [0.3, 0.4) is 0 Å². The lowest BCUT2D eigenvalue weighted by Crippen LogP contribution is -2.28. The minimum absolute atomic E-state index is 0.117. The molecule has 6 nitrogen and oxygen atoms in total. The van der Waals surface area contributed by atoms with Crippen molar-refractivity contribution in [3.05, 3.63) is 92.6 Å². The van der Waals surface area contributed by atoms with Gasteiger partial charge >= 0.3 is 0 Å². The van der Waals surface area contributed by atoms with E-state index < -0.39 is 0 Å². The molecule has 7 heteroatoms. The van der Waals surface area contributed by atoms with Crippen molar-refractivity contribution in [3.63, 3.8) is 0 Å². The molecule has 0 aliphatic carbocycles. The predicted molar refractivity (Wildman–Crippen MR) is 121 cm³/mol. The lowest BCUT2D eigenvalue weighted by atomic mass is 10.2. The summed E-state index contributed by atoms with van der Waals surface area (Å²) in [6, 6.07) is 17.1. The van der Waals surface area contributed by atoms with Gasteiger partial charge in [-0.05, 0) is 37.6 Å². The van der Waals surface area contributed by atoms with E-state index in [0.29, 0.717) is 17.6 Å². The van der Waals surface area contributed by atoms with Crippen LogP contribution in [0.1, 0.15) is 17.0 Å². The Kier molecular flexibility index (Phi) is 5.55. The van der Waals surface area contributed by atoms with Crippen molar-refractivity contribution in [3.8, 4) is 5.69 Å². The van der Waals surface area contributed by atoms with Crippen LogP contribution >= 0.6 is 15.9 Å². The van der Waals surface area contributed by atoms with Crippen LogP contribution in [0.4, 0.5) is 0 Å². The highest BCUT2D eigenvalue weighted by Gasteiger charge is 2.18. The van der Waals surface area contributed by atoms with E-state index in [1.807, 2.05) is 73.0 Å². The van der Waals surface area contributed by atoms with Gasteiger partial charge in [-0.25, -0.2) is 0 Å². The van der Waals surface area contributed by atoms with Gasteiger partial charge in [-0.2, -0.15) is 9.78 Å². The van der Waals surface area contributed by atoms with Gasteiger partial charge in [-0.15, -0.1) is 0 Å². The van der Waals surface area contributed by atoms with E-state index in [0.717, 1.165) is 26.8 Å². The largest absolute Gasteiger partial charge is 0.350 e. The van der Waals surface area contributed by atoms with E-state index >= 15 is 0 Å². The predicted octanol–water partition coefficient (Wildman–Crippen LogP) is 3.88. The summed E-state index contributed by atoms with van der Waals surface area (Å²) in [5, 5.41) is 8.65. The molecule has 152 valence electrons. The lowest BCUT2D eigenvalue weighted by Gasteiger charge is -2.11. The third-order valence-electron chi connectivity index (χ3n) is 5.28. The Morgan fingerprint density at radius 3 is 2.47 bits per heavy atom. The Bertz CT molecular complexity index is 1290. The number of nitrogens with one attached hydrogen (secondary N) is 1. The molecule has 0 fully saturated rings. The molecule has 4 aromatic rings. The van der Waals surface area contributed by atoms with E-state index in [2.05, 4.69) is 26.3 Å². The molecule has 0 radical (unpaired) electrons. The van der Waals surface area contributed by atoms with Crippen LogP contribution in [0.25, 0.3) is 16.5 Å². The van der Waals surface area contributed by atoms with Gasteiger partial charge in [0, 0.05) is 27.8 Å². The quantitative estimate of drug-likeness (QED) is 0.487. The molecule has 0 spiro atoms. The molecule has 30 heavy (non-hydrogen) atoms. The summed E-state index contributed by atoms with van der Waals surface area (Å²) >= 11 is 3.49. The van der Waals surface area contributed by atoms with E-state index in [-0.39, 0.29) is 18.0 Å². The highest BCUT2D eigenvalue weighted by atomic mass is 79.9. The summed E-state index contributed by atoms with van der Waals surface area (Å²) in [7, 11) is 0. The van der Waals surface area contributed by atoms with E-state index in [1.54, 1.807) is 6.20 Å². The number of hydrogen-bond donors (Lipinski definition) is 1. The number of amides is 1. The van der Waals surface area contributed by atoms with E-state index in [9.17, 15) is 9.59 Å². The van der Waals surface area contributed by atoms with E-state index in [4.69, 9.17) is 0 Å². The molecule has 2 aromatic carbocycles. The zero-order chi connectivity index (χ0) is 21.3. The Hall–Kier alpha value is -3.19. The van der Waals surface area contributed by atoms with Crippen LogP contribution in [0.15, 0.2) is 70.1 Å². The second-order valence-corrected chi connectivity index (χ2v) is 7.97. The number of rotatable bonds is 5. The first-order valence-corrected chi connectivity index (χ1v) is 10.4. The summed E-state index contributed by atoms with van der Waals surface area (Å²) in [5.74, 6) is -0.117. The maximum atomic E-state index is 13.1. The molecule has 0 unspecified atom stereocenters. The smallest absolute Gasteiger partial charge is 0.281 e. The Morgan fingerprint density at radius 1 is 1.03 bits per heavy atom. The van der Waals surface area contributed by atoms with Crippen LogP contribution in [-0.2, 0) is 17.9 Å². The fourth-order valence-corrected chi connectivity index (χ4v) is 4.06. The molecule has 0 aliphatic heterocycles. The monoisotopic (exact) mass is 464 g/mol. The number of aryl methyl sites for hydroxylation is 2. The number of hydrogen-bond acceptors (Lipinski definition) is 3. The molecule has 1 N–H and O–H groups in total. The first-order valence-electron chi connectivity index (χ1n) is 9.60. The molecular formula is C23H21BrN4O2. The van der Waals surface area contributed by atoms with Gasteiger partial charge in [0.1, 0.15) is 6.54 Å². The van der Waals surface area contributed by atoms with E-state index in [1.165, 1.54) is 4.68 Å². The average molecular weight is 465 g/mol. The molecule has 0 atom stereocenters. The van der Waals surface area contributed by atoms with Crippen molar-refractivity contribution in [2.45, 2.75) is 26.9 Å². The number of para-hydroxylation sites is 1. The van der Waals surface area contributed by atoms with Crippen molar-refractivity contribution < 1.29 is 4.79 Å². The zero-order valence-corrected chi connectivity index (χ0v) is 18.3. The van der Waals surface area contributed by atoms with Gasteiger partial charge < -0.3 is 9.88 Å². The summed E-state index contributed by atoms with van der Waals surface area (Å²) in [5.41, 5.74) is 3.14. The second-order valence-electron chi connectivity index (χ2n) is 7.11. The average Bonchev–Trinajstić information content (AvgIpc) is 2.99. The number of nitrogens with zero attached hydrogens (tertiary/aromatic N) is 3. The van der Waals surface area contributed by atoms with Gasteiger partial charge in [0.25, 0.3) is 5.56 Å². The molecule has 2 aromatic heterocycles. The first kappa shape index (κ1) is 20.1. The normalized spacial score (nSPS) is 11.0. The molecular weight excluding hydrogens is 444 g/mol. The maximum Gasteiger partial charge on any atom is 0.281 e. The van der Waals surface area contributed by atoms with Gasteiger partial charge in [-0.1, -0.05) is 52.3 Å². The third-order valence-corrected chi connectivity index (χ3v) is 6.05. The first-order chi connectivity index (χ1) is 14.5. The van der Waals surface area contributed by atoms with Crippen LogP contribution in [-0.4, -0.2) is 20.3 Å². The van der Waals surface area contributed by atoms with Crippen molar-refractivity contribution >= 4 is 32.6 Å². The number of carbonyl (C=O) groups is 1. The Balaban J connectivity index is 1.63. The maximum absolute atomic E-state index is 13.1. The number of halogens is 1. The van der Waals surface area contributed by atoms with Crippen molar-refractivity contribution in [2.75, 3.05) is 0 Å². The Labute approximate surface area is 182 Å². The molecule has 0 saturated heterocycles. The SMILES string of the molecule is Cc1c2cnn(-c3ccccc3)c(=O)c2c(C)n1CC(=O)NCc1ccccc1Br.